The van der Waals surface area contributed by atoms with E-state index in [2.05, 4.69) is 10.3 Å². The van der Waals surface area contributed by atoms with Crippen LogP contribution in [0.2, 0.25) is 0 Å². The van der Waals surface area contributed by atoms with E-state index in [1.165, 1.54) is 0 Å². The fourth-order valence-electron chi connectivity index (χ4n) is 1.43. The largest absolute Gasteiger partial charge is 0.477 e. The van der Waals surface area contributed by atoms with Crippen LogP contribution in [0.1, 0.15) is 25.9 Å². The van der Waals surface area contributed by atoms with Crippen molar-refractivity contribution in [1.29, 1.82) is 0 Å². The Balaban J connectivity index is 2.21. The number of pyridine rings is 1. The standard InChI is InChI=1S/C12H10N2O3S/c1-7-3-2-4-9(13-7)11(15)14-8-5-6-18-10(8)12(16)17/h2-6H,1H3,(H,14,15)(H,16,17). The van der Waals surface area contributed by atoms with E-state index in [1.807, 2.05) is 0 Å². The topological polar surface area (TPSA) is 79.3 Å². The van der Waals surface area contributed by atoms with E-state index in [1.54, 1.807) is 36.6 Å². The van der Waals surface area contributed by atoms with Gasteiger partial charge in [0.15, 0.2) is 0 Å². The first kappa shape index (κ1) is 12.3. The lowest BCUT2D eigenvalue weighted by molar-refractivity contribution is 0.0703. The number of thiophene rings is 1. The maximum Gasteiger partial charge on any atom is 0.348 e. The van der Waals surface area contributed by atoms with Gasteiger partial charge < -0.3 is 10.4 Å². The summed E-state index contributed by atoms with van der Waals surface area (Å²) >= 11 is 1.06. The molecule has 0 fully saturated rings. The number of aryl methyl sites for hydroxylation is 1. The molecule has 0 aromatic carbocycles. The Morgan fingerprint density at radius 3 is 2.78 bits per heavy atom. The van der Waals surface area contributed by atoms with Crippen LogP contribution in [0, 0.1) is 6.92 Å². The van der Waals surface area contributed by atoms with Crippen LogP contribution >= 0.6 is 11.3 Å². The first-order chi connectivity index (χ1) is 8.58. The maximum atomic E-state index is 11.9. The van der Waals surface area contributed by atoms with E-state index < -0.39 is 11.9 Å². The van der Waals surface area contributed by atoms with Gasteiger partial charge in [0.05, 0.1) is 5.69 Å². The zero-order valence-corrected chi connectivity index (χ0v) is 10.3. The molecule has 2 aromatic rings. The summed E-state index contributed by atoms with van der Waals surface area (Å²) in [4.78, 5) is 27.0. The fourth-order valence-corrected chi connectivity index (χ4v) is 2.12. The third-order valence-corrected chi connectivity index (χ3v) is 3.13. The van der Waals surface area contributed by atoms with E-state index >= 15 is 0 Å². The van der Waals surface area contributed by atoms with Gasteiger partial charge in [-0.15, -0.1) is 11.3 Å². The summed E-state index contributed by atoms with van der Waals surface area (Å²) < 4.78 is 0. The van der Waals surface area contributed by atoms with Crippen molar-refractivity contribution in [3.63, 3.8) is 0 Å². The van der Waals surface area contributed by atoms with Crippen molar-refractivity contribution in [2.45, 2.75) is 6.92 Å². The van der Waals surface area contributed by atoms with Crippen LogP contribution in [0.5, 0.6) is 0 Å². The molecular formula is C12H10N2O3S. The minimum Gasteiger partial charge on any atom is -0.477 e. The van der Waals surface area contributed by atoms with Crippen LogP contribution in [-0.2, 0) is 0 Å². The van der Waals surface area contributed by atoms with Crippen molar-refractivity contribution in [3.8, 4) is 0 Å². The summed E-state index contributed by atoms with van der Waals surface area (Å²) in [6.07, 6.45) is 0. The van der Waals surface area contributed by atoms with Gasteiger partial charge in [-0.05, 0) is 30.5 Å². The lowest BCUT2D eigenvalue weighted by Gasteiger charge is -2.04. The number of carboxylic acids is 1. The zero-order valence-electron chi connectivity index (χ0n) is 9.51. The van der Waals surface area contributed by atoms with Crippen molar-refractivity contribution < 1.29 is 14.7 Å². The molecule has 0 atom stereocenters. The summed E-state index contributed by atoms with van der Waals surface area (Å²) in [7, 11) is 0. The SMILES string of the molecule is Cc1cccc(C(=O)Nc2ccsc2C(=O)O)n1. The van der Waals surface area contributed by atoms with Crippen molar-refractivity contribution in [2.24, 2.45) is 0 Å². The number of hydrogen-bond acceptors (Lipinski definition) is 4. The molecule has 6 heteroatoms. The predicted octanol–water partition coefficient (Wildman–Crippen LogP) is 2.40. The molecule has 5 nitrogen and oxygen atoms in total. The zero-order chi connectivity index (χ0) is 13.1. The molecule has 2 aromatic heterocycles. The smallest absolute Gasteiger partial charge is 0.348 e. The van der Waals surface area contributed by atoms with Gasteiger partial charge in [0, 0.05) is 5.69 Å². The summed E-state index contributed by atoms with van der Waals surface area (Å²) in [6, 6.07) is 6.64. The van der Waals surface area contributed by atoms with Crippen LogP contribution in [0.4, 0.5) is 5.69 Å². The lowest BCUT2D eigenvalue weighted by Crippen LogP contribution is -2.15. The summed E-state index contributed by atoms with van der Waals surface area (Å²) in [5.74, 6) is -1.47. The van der Waals surface area contributed by atoms with E-state index in [-0.39, 0.29) is 10.6 Å². The Kier molecular flexibility index (Phi) is 3.38. The molecule has 0 bridgehead atoms. The number of carboxylic acid groups (broad SMARTS) is 1. The molecule has 2 rings (SSSR count). The van der Waals surface area contributed by atoms with Gasteiger partial charge in [-0.3, -0.25) is 4.79 Å². The molecule has 0 aliphatic heterocycles. The highest BCUT2D eigenvalue weighted by Gasteiger charge is 2.15. The van der Waals surface area contributed by atoms with Crippen molar-refractivity contribution in [2.75, 3.05) is 5.32 Å². The van der Waals surface area contributed by atoms with Crippen LogP contribution in [0.25, 0.3) is 0 Å². The Morgan fingerprint density at radius 2 is 2.11 bits per heavy atom. The minimum absolute atomic E-state index is 0.107. The van der Waals surface area contributed by atoms with Gasteiger partial charge >= 0.3 is 5.97 Å². The second-order valence-electron chi connectivity index (χ2n) is 3.59. The molecule has 0 saturated carbocycles. The van der Waals surface area contributed by atoms with E-state index in [0.29, 0.717) is 5.69 Å². The second kappa shape index (κ2) is 4.97. The molecule has 0 radical (unpaired) electrons. The molecule has 0 spiro atoms. The highest BCUT2D eigenvalue weighted by atomic mass is 32.1. The lowest BCUT2D eigenvalue weighted by atomic mass is 10.3. The predicted molar refractivity (Wildman–Crippen MR) is 68.2 cm³/mol. The number of aromatic nitrogens is 1. The fraction of sp³-hybridized carbons (Fsp3) is 0.0833. The monoisotopic (exact) mass is 262 g/mol. The second-order valence-corrected chi connectivity index (χ2v) is 4.50. The normalized spacial score (nSPS) is 10.1. The van der Waals surface area contributed by atoms with Crippen molar-refractivity contribution in [1.82, 2.24) is 4.98 Å². The van der Waals surface area contributed by atoms with Crippen molar-refractivity contribution in [3.05, 3.63) is 45.9 Å². The number of anilines is 1. The molecule has 0 saturated heterocycles. The number of aromatic carboxylic acids is 1. The molecule has 0 unspecified atom stereocenters. The molecule has 2 N–H and O–H groups in total. The van der Waals surface area contributed by atoms with E-state index in [0.717, 1.165) is 17.0 Å². The first-order valence-electron chi connectivity index (χ1n) is 5.13. The minimum atomic E-state index is -1.06. The average Bonchev–Trinajstić information content (AvgIpc) is 2.77. The number of nitrogens with zero attached hydrogens (tertiary/aromatic N) is 1. The van der Waals surface area contributed by atoms with Crippen molar-refractivity contribution >= 4 is 28.9 Å². The van der Waals surface area contributed by atoms with Crippen LogP contribution in [-0.4, -0.2) is 22.0 Å². The van der Waals surface area contributed by atoms with E-state index in [9.17, 15) is 9.59 Å². The summed E-state index contributed by atoms with van der Waals surface area (Å²) in [6.45, 7) is 1.78. The van der Waals surface area contributed by atoms with Crippen LogP contribution in [0.15, 0.2) is 29.6 Å². The number of carbonyl (C=O) groups excluding carboxylic acids is 1. The van der Waals surface area contributed by atoms with Gasteiger partial charge in [-0.2, -0.15) is 0 Å². The molecule has 1 amide bonds. The number of rotatable bonds is 3. The van der Waals surface area contributed by atoms with Gasteiger partial charge in [0.1, 0.15) is 10.6 Å². The van der Waals surface area contributed by atoms with Gasteiger partial charge in [0.2, 0.25) is 0 Å². The summed E-state index contributed by atoms with van der Waals surface area (Å²) in [5.41, 5.74) is 1.28. The van der Waals surface area contributed by atoms with Gasteiger partial charge in [-0.25, -0.2) is 9.78 Å². The highest BCUT2D eigenvalue weighted by Crippen LogP contribution is 2.22. The molecule has 18 heavy (non-hydrogen) atoms. The molecule has 2 heterocycles. The number of carbonyl (C=O) groups is 2. The molecule has 0 aliphatic rings. The Hall–Kier alpha value is -2.21. The quantitative estimate of drug-likeness (QED) is 0.890. The third-order valence-electron chi connectivity index (χ3n) is 2.23. The van der Waals surface area contributed by atoms with Gasteiger partial charge in [-0.1, -0.05) is 6.07 Å². The Morgan fingerprint density at radius 1 is 1.33 bits per heavy atom. The molecular weight excluding hydrogens is 252 g/mol. The number of amides is 1. The summed E-state index contributed by atoms with van der Waals surface area (Å²) in [5, 5.41) is 13.1. The highest BCUT2D eigenvalue weighted by molar-refractivity contribution is 7.12. The Bertz CT molecular complexity index is 607. The average molecular weight is 262 g/mol. The van der Waals surface area contributed by atoms with E-state index in [4.69, 9.17) is 5.11 Å². The maximum absolute atomic E-state index is 11.9. The van der Waals surface area contributed by atoms with Crippen LogP contribution in [0.3, 0.4) is 0 Å². The number of nitrogens with one attached hydrogen (secondary N) is 1. The third kappa shape index (κ3) is 2.54. The van der Waals surface area contributed by atoms with Gasteiger partial charge in [0.25, 0.3) is 5.91 Å². The first-order valence-corrected chi connectivity index (χ1v) is 6.01. The number of hydrogen-bond donors (Lipinski definition) is 2. The Labute approximate surface area is 107 Å². The van der Waals surface area contributed by atoms with Crippen LogP contribution < -0.4 is 5.32 Å². The molecule has 0 aliphatic carbocycles. The molecule has 92 valence electrons.